The van der Waals surface area contributed by atoms with Crippen LogP contribution in [-0.2, 0) is 14.9 Å². The van der Waals surface area contributed by atoms with E-state index in [0.29, 0.717) is 30.4 Å². The fourth-order valence-electron chi connectivity index (χ4n) is 3.89. The highest BCUT2D eigenvalue weighted by Crippen LogP contribution is 2.34. The van der Waals surface area contributed by atoms with E-state index in [9.17, 15) is 4.79 Å². The van der Waals surface area contributed by atoms with Crippen LogP contribution in [0.1, 0.15) is 31.4 Å². The molecule has 1 aliphatic rings. The third kappa shape index (κ3) is 4.05. The molecule has 4 rings (SSSR count). The molecule has 1 aliphatic heterocycles. The highest BCUT2D eigenvalue weighted by atomic mass is 32.1. The Labute approximate surface area is 178 Å². The molecule has 0 saturated carbocycles. The molecule has 0 bridgehead atoms. The van der Waals surface area contributed by atoms with Crippen LogP contribution in [-0.4, -0.2) is 40.4 Å². The molecule has 1 saturated heterocycles. The van der Waals surface area contributed by atoms with Crippen LogP contribution in [0, 0.1) is 4.77 Å². The van der Waals surface area contributed by atoms with Crippen molar-refractivity contribution in [2.45, 2.75) is 31.2 Å². The maximum atomic E-state index is 13.1. The van der Waals surface area contributed by atoms with E-state index in [-0.39, 0.29) is 11.3 Å². The van der Waals surface area contributed by atoms with E-state index in [1.807, 2.05) is 30.5 Å². The first-order valence-electron chi connectivity index (χ1n) is 9.72. The third-order valence-electron chi connectivity index (χ3n) is 5.65. The molecule has 0 spiro atoms. The summed E-state index contributed by atoms with van der Waals surface area (Å²) in [5, 5.41) is 12.3. The van der Waals surface area contributed by atoms with Gasteiger partial charge < -0.3 is 10.1 Å². The molecule has 0 radical (unpaired) electrons. The number of nitrogens with zero attached hydrogens (tertiary/aromatic N) is 2. The van der Waals surface area contributed by atoms with Crippen molar-refractivity contribution in [2.24, 2.45) is 0 Å². The van der Waals surface area contributed by atoms with E-state index in [0.717, 1.165) is 17.7 Å². The molecule has 8 heteroatoms. The number of nitrogens with one attached hydrogen (secondary N) is 2. The fraction of sp³-hybridized carbons (Fsp3) is 0.381. The van der Waals surface area contributed by atoms with E-state index in [2.05, 4.69) is 39.8 Å². The zero-order valence-electron chi connectivity index (χ0n) is 16.3. The second kappa shape index (κ2) is 8.61. The Bertz CT molecular complexity index is 1000. The summed E-state index contributed by atoms with van der Waals surface area (Å²) >= 11 is 6.97. The maximum absolute atomic E-state index is 13.1. The average Bonchev–Trinajstić information content (AvgIpc) is 3.42. The third-order valence-corrected chi connectivity index (χ3v) is 6.80. The number of carbonyl (C=O) groups excluding carboxylic acids is 1. The number of rotatable bonds is 6. The van der Waals surface area contributed by atoms with Gasteiger partial charge in [0, 0.05) is 25.2 Å². The van der Waals surface area contributed by atoms with Gasteiger partial charge in [-0.25, -0.2) is 0 Å². The Kier molecular flexibility index (Phi) is 5.94. The second-order valence-electron chi connectivity index (χ2n) is 7.35. The van der Waals surface area contributed by atoms with Gasteiger partial charge in [0.05, 0.1) is 4.88 Å². The molecular weight excluding hydrogens is 404 g/mol. The van der Waals surface area contributed by atoms with Crippen LogP contribution < -0.4 is 5.32 Å². The molecule has 1 unspecified atom stereocenters. The number of aromatic amines is 1. The lowest BCUT2D eigenvalue weighted by molar-refractivity contribution is -0.124. The molecule has 0 aliphatic carbocycles. The summed E-state index contributed by atoms with van der Waals surface area (Å²) < 4.78 is 7.82. The van der Waals surface area contributed by atoms with Gasteiger partial charge in [-0.3, -0.25) is 14.5 Å². The van der Waals surface area contributed by atoms with Crippen LogP contribution >= 0.6 is 23.6 Å². The number of hydrogen-bond donors (Lipinski definition) is 2. The normalized spacial score (nSPS) is 17.0. The van der Waals surface area contributed by atoms with E-state index in [4.69, 9.17) is 17.0 Å². The topological polar surface area (TPSA) is 71.9 Å². The average molecular weight is 429 g/mol. The summed E-state index contributed by atoms with van der Waals surface area (Å²) in [5.74, 6) is 0.624. The van der Waals surface area contributed by atoms with Crippen LogP contribution in [0.15, 0.2) is 47.8 Å². The van der Waals surface area contributed by atoms with E-state index in [1.54, 1.807) is 15.9 Å². The lowest BCUT2D eigenvalue weighted by Gasteiger charge is -2.38. The Balaban J connectivity index is 1.54. The van der Waals surface area contributed by atoms with Gasteiger partial charge in [-0.2, -0.15) is 5.10 Å². The standard InChI is InChI=1S/C21H24N4O2S2/c1-15(25-18(23-24-20(25)28)17-8-5-13-29-17)19(26)22-14-21(9-11-27-12-10-21)16-6-3-2-4-7-16/h2-8,13,15H,9-12,14H2,1H3,(H,22,26)(H,24,28). The number of benzene rings is 1. The van der Waals surface area contributed by atoms with Gasteiger partial charge in [0.1, 0.15) is 6.04 Å². The Morgan fingerprint density at radius 2 is 2.07 bits per heavy atom. The lowest BCUT2D eigenvalue weighted by Crippen LogP contribution is -2.46. The van der Waals surface area contributed by atoms with Crippen molar-refractivity contribution < 1.29 is 9.53 Å². The molecule has 1 atom stereocenters. The van der Waals surface area contributed by atoms with Crippen LogP contribution in [0.4, 0.5) is 0 Å². The van der Waals surface area contributed by atoms with Gasteiger partial charge in [0.15, 0.2) is 10.6 Å². The Hall–Kier alpha value is -2.29. The van der Waals surface area contributed by atoms with Crippen molar-refractivity contribution in [1.29, 1.82) is 0 Å². The van der Waals surface area contributed by atoms with Crippen molar-refractivity contribution in [3.8, 4) is 10.7 Å². The summed E-state index contributed by atoms with van der Waals surface area (Å²) in [6.45, 7) is 3.84. The molecule has 1 amide bonds. The first kappa shape index (κ1) is 20.0. The van der Waals surface area contributed by atoms with Crippen LogP contribution in [0.2, 0.25) is 0 Å². The summed E-state index contributed by atoms with van der Waals surface area (Å²) in [6.07, 6.45) is 1.77. The van der Waals surface area contributed by atoms with Gasteiger partial charge >= 0.3 is 0 Å². The highest BCUT2D eigenvalue weighted by molar-refractivity contribution is 7.71. The summed E-state index contributed by atoms with van der Waals surface area (Å²) in [6, 6.07) is 13.9. The van der Waals surface area contributed by atoms with E-state index < -0.39 is 6.04 Å². The predicted molar refractivity (Wildman–Crippen MR) is 117 cm³/mol. The quantitative estimate of drug-likeness (QED) is 0.580. The second-order valence-corrected chi connectivity index (χ2v) is 8.69. The smallest absolute Gasteiger partial charge is 0.242 e. The first-order chi connectivity index (χ1) is 14.1. The van der Waals surface area contributed by atoms with Gasteiger partial charge in [0.2, 0.25) is 5.91 Å². The van der Waals surface area contributed by atoms with Gasteiger partial charge in [-0.05, 0) is 49.0 Å². The molecular formula is C21H24N4O2S2. The van der Waals surface area contributed by atoms with Crippen LogP contribution in [0.25, 0.3) is 10.7 Å². The van der Waals surface area contributed by atoms with Gasteiger partial charge in [0.25, 0.3) is 0 Å². The number of H-pyrrole nitrogens is 1. The Morgan fingerprint density at radius 1 is 1.31 bits per heavy atom. The zero-order chi connectivity index (χ0) is 20.3. The molecule has 1 aromatic carbocycles. The largest absolute Gasteiger partial charge is 0.381 e. The molecule has 2 N–H and O–H groups in total. The van der Waals surface area contributed by atoms with Crippen molar-refractivity contribution in [2.75, 3.05) is 19.8 Å². The predicted octanol–water partition coefficient (Wildman–Crippen LogP) is 4.09. The number of carbonyl (C=O) groups is 1. The molecule has 1 fully saturated rings. The summed E-state index contributed by atoms with van der Waals surface area (Å²) in [7, 11) is 0. The van der Waals surface area contributed by atoms with Crippen molar-refractivity contribution >= 4 is 29.5 Å². The molecule has 3 heterocycles. The molecule has 6 nitrogen and oxygen atoms in total. The fourth-order valence-corrected chi connectivity index (χ4v) is 4.89. The molecule has 29 heavy (non-hydrogen) atoms. The summed E-state index contributed by atoms with van der Waals surface area (Å²) in [5.41, 5.74) is 1.14. The van der Waals surface area contributed by atoms with Crippen LogP contribution in [0.5, 0.6) is 0 Å². The van der Waals surface area contributed by atoms with Crippen molar-refractivity contribution in [3.05, 3.63) is 58.2 Å². The van der Waals surface area contributed by atoms with Gasteiger partial charge in [-0.15, -0.1) is 11.3 Å². The van der Waals surface area contributed by atoms with E-state index >= 15 is 0 Å². The molecule has 2 aromatic heterocycles. The highest BCUT2D eigenvalue weighted by Gasteiger charge is 2.35. The number of amides is 1. The summed E-state index contributed by atoms with van der Waals surface area (Å²) in [4.78, 5) is 14.1. The zero-order valence-corrected chi connectivity index (χ0v) is 17.9. The monoisotopic (exact) mass is 428 g/mol. The number of thiophene rings is 1. The van der Waals surface area contributed by atoms with Crippen molar-refractivity contribution in [1.82, 2.24) is 20.1 Å². The SMILES string of the molecule is CC(C(=O)NCC1(c2ccccc2)CCOCC1)n1c(-c2cccs2)n[nH]c1=S. The van der Waals surface area contributed by atoms with Crippen molar-refractivity contribution in [3.63, 3.8) is 0 Å². The van der Waals surface area contributed by atoms with Crippen LogP contribution in [0.3, 0.4) is 0 Å². The number of ether oxygens (including phenoxy) is 1. The Morgan fingerprint density at radius 3 is 2.76 bits per heavy atom. The number of aromatic nitrogens is 3. The minimum atomic E-state index is -0.467. The molecule has 152 valence electrons. The molecule has 3 aromatic rings. The number of hydrogen-bond acceptors (Lipinski definition) is 5. The van der Waals surface area contributed by atoms with Gasteiger partial charge in [-0.1, -0.05) is 36.4 Å². The first-order valence-corrected chi connectivity index (χ1v) is 11.0. The lowest BCUT2D eigenvalue weighted by atomic mass is 9.74. The van der Waals surface area contributed by atoms with E-state index in [1.165, 1.54) is 5.56 Å². The minimum Gasteiger partial charge on any atom is -0.381 e. The minimum absolute atomic E-state index is 0.0675. The maximum Gasteiger partial charge on any atom is 0.242 e.